The highest BCUT2D eigenvalue weighted by Crippen LogP contribution is 2.26. The third kappa shape index (κ3) is 4.73. The molecule has 114 valence electrons. The minimum Gasteiger partial charge on any atom is -0.479 e. The Kier molecular flexibility index (Phi) is 6.04. The number of hydrogen-bond acceptors (Lipinski definition) is 4. The molecule has 0 bridgehead atoms. The lowest BCUT2D eigenvalue weighted by Crippen LogP contribution is -2.35. The maximum atomic E-state index is 9.17. The molecule has 1 aliphatic carbocycles. The fourth-order valence-electron chi connectivity index (χ4n) is 2.93. The van der Waals surface area contributed by atoms with Gasteiger partial charge in [0.2, 0.25) is 0 Å². The van der Waals surface area contributed by atoms with Crippen LogP contribution in [0.2, 0.25) is 0 Å². The number of nitrogens with zero attached hydrogens (tertiary/aromatic N) is 1. The van der Waals surface area contributed by atoms with Gasteiger partial charge in [0.1, 0.15) is 11.8 Å². The summed E-state index contributed by atoms with van der Waals surface area (Å²) in [7, 11) is 0. The van der Waals surface area contributed by atoms with E-state index in [-0.39, 0.29) is 6.61 Å². The number of ether oxygens (including phenoxy) is 1. The van der Waals surface area contributed by atoms with Crippen molar-refractivity contribution in [1.29, 1.82) is 5.26 Å². The average molecular weight is 288 g/mol. The summed E-state index contributed by atoms with van der Waals surface area (Å²) in [5, 5.41) is 21.3. The number of nitriles is 1. The van der Waals surface area contributed by atoms with Crippen molar-refractivity contribution in [2.45, 2.75) is 44.7 Å². The Balaban J connectivity index is 1.83. The molecular weight excluding hydrogens is 264 g/mol. The van der Waals surface area contributed by atoms with E-state index < -0.39 is 0 Å². The van der Waals surface area contributed by atoms with Crippen LogP contribution < -0.4 is 10.1 Å². The van der Waals surface area contributed by atoms with Crippen molar-refractivity contribution >= 4 is 0 Å². The van der Waals surface area contributed by atoms with E-state index in [4.69, 9.17) is 10.00 Å². The summed E-state index contributed by atoms with van der Waals surface area (Å²) in [6.07, 6.45) is 4.50. The molecule has 4 heteroatoms. The number of nitrogens with one attached hydrogen (secondary N) is 1. The number of hydrogen-bond donors (Lipinski definition) is 2. The minimum absolute atomic E-state index is 0.0846. The van der Waals surface area contributed by atoms with Gasteiger partial charge in [-0.3, -0.25) is 0 Å². The summed E-state index contributed by atoms with van der Waals surface area (Å²) in [6.45, 7) is 2.58. The van der Waals surface area contributed by atoms with Crippen LogP contribution in [0.15, 0.2) is 24.3 Å². The van der Waals surface area contributed by atoms with E-state index in [0.717, 1.165) is 31.4 Å². The van der Waals surface area contributed by atoms with Gasteiger partial charge in [-0.2, -0.15) is 5.26 Å². The molecule has 0 amide bonds. The van der Waals surface area contributed by atoms with Gasteiger partial charge < -0.3 is 15.2 Å². The Morgan fingerprint density at radius 2 is 1.95 bits per heavy atom. The van der Waals surface area contributed by atoms with Crippen molar-refractivity contribution in [3.8, 4) is 11.8 Å². The first-order valence-corrected chi connectivity index (χ1v) is 7.69. The Morgan fingerprint density at radius 1 is 1.29 bits per heavy atom. The molecule has 1 saturated carbocycles. The summed E-state index contributed by atoms with van der Waals surface area (Å²) < 4.78 is 5.26. The van der Waals surface area contributed by atoms with Crippen LogP contribution in [0.5, 0.6) is 5.75 Å². The van der Waals surface area contributed by atoms with Crippen LogP contribution in [0.1, 0.15) is 44.2 Å². The summed E-state index contributed by atoms with van der Waals surface area (Å²) in [5.41, 5.74) is 1.23. The minimum atomic E-state index is 0.0846. The molecule has 0 spiro atoms. The van der Waals surface area contributed by atoms with E-state index in [1.807, 2.05) is 30.3 Å². The van der Waals surface area contributed by atoms with Gasteiger partial charge >= 0.3 is 0 Å². The molecule has 1 atom stereocenters. The van der Waals surface area contributed by atoms with Gasteiger partial charge in [0.25, 0.3) is 0 Å². The second-order valence-corrected chi connectivity index (χ2v) is 5.80. The second-order valence-electron chi connectivity index (χ2n) is 5.80. The average Bonchev–Trinajstić information content (AvgIpc) is 2.54. The maximum Gasteiger partial charge on any atom is 0.174 e. The van der Waals surface area contributed by atoms with Crippen molar-refractivity contribution in [3.63, 3.8) is 0 Å². The molecule has 0 saturated heterocycles. The number of aliphatic hydroxyl groups is 1. The van der Waals surface area contributed by atoms with E-state index in [1.54, 1.807) is 0 Å². The van der Waals surface area contributed by atoms with Crippen molar-refractivity contribution in [2.75, 3.05) is 13.2 Å². The molecule has 21 heavy (non-hydrogen) atoms. The molecule has 2 rings (SSSR count). The number of benzene rings is 1. The van der Waals surface area contributed by atoms with Gasteiger partial charge in [-0.15, -0.1) is 0 Å². The Labute approximate surface area is 126 Å². The Morgan fingerprint density at radius 3 is 2.52 bits per heavy atom. The van der Waals surface area contributed by atoms with Crippen LogP contribution in [-0.2, 0) is 0 Å². The highest BCUT2D eigenvalue weighted by molar-refractivity contribution is 5.29. The summed E-state index contributed by atoms with van der Waals surface area (Å²) in [4.78, 5) is 0. The van der Waals surface area contributed by atoms with Crippen molar-refractivity contribution < 1.29 is 9.84 Å². The molecule has 1 aliphatic rings. The molecule has 0 radical (unpaired) electrons. The maximum absolute atomic E-state index is 9.17. The molecule has 1 aromatic carbocycles. The fourth-order valence-corrected chi connectivity index (χ4v) is 2.93. The lowest BCUT2D eigenvalue weighted by atomic mass is 9.86. The normalized spacial score (nSPS) is 23.3. The molecule has 0 aromatic heterocycles. The molecule has 1 fully saturated rings. The Bertz CT molecular complexity index is 459. The zero-order valence-corrected chi connectivity index (χ0v) is 12.6. The predicted molar refractivity (Wildman–Crippen MR) is 81.9 cm³/mol. The van der Waals surface area contributed by atoms with Crippen LogP contribution in [0, 0.1) is 17.2 Å². The third-order valence-corrected chi connectivity index (χ3v) is 4.27. The van der Waals surface area contributed by atoms with E-state index >= 15 is 0 Å². The van der Waals surface area contributed by atoms with Gasteiger partial charge in [0, 0.05) is 18.7 Å². The second kappa shape index (κ2) is 8.02. The molecule has 2 N–H and O–H groups in total. The van der Waals surface area contributed by atoms with E-state index in [0.29, 0.717) is 24.6 Å². The largest absolute Gasteiger partial charge is 0.479 e. The number of rotatable bonds is 6. The first-order valence-electron chi connectivity index (χ1n) is 7.69. The van der Waals surface area contributed by atoms with Gasteiger partial charge in [-0.05, 0) is 56.2 Å². The quantitative estimate of drug-likeness (QED) is 0.845. The monoisotopic (exact) mass is 288 g/mol. The lowest BCUT2D eigenvalue weighted by molar-refractivity contribution is 0.172. The lowest BCUT2D eigenvalue weighted by Gasteiger charge is -2.30. The van der Waals surface area contributed by atoms with Crippen LogP contribution in [0.25, 0.3) is 0 Å². The van der Waals surface area contributed by atoms with Crippen LogP contribution >= 0.6 is 0 Å². The smallest absolute Gasteiger partial charge is 0.174 e. The van der Waals surface area contributed by atoms with Gasteiger partial charge in [-0.1, -0.05) is 12.1 Å². The van der Waals surface area contributed by atoms with Crippen LogP contribution in [0.4, 0.5) is 0 Å². The summed E-state index contributed by atoms with van der Waals surface area (Å²) >= 11 is 0. The molecule has 4 nitrogen and oxygen atoms in total. The highest BCUT2D eigenvalue weighted by Gasteiger charge is 2.21. The zero-order valence-electron chi connectivity index (χ0n) is 12.6. The molecular formula is C17H24N2O2. The highest BCUT2D eigenvalue weighted by atomic mass is 16.5. The van der Waals surface area contributed by atoms with Gasteiger partial charge in [-0.25, -0.2) is 0 Å². The summed E-state index contributed by atoms with van der Waals surface area (Å²) in [6, 6.07) is 10.7. The molecule has 1 aromatic rings. The standard InChI is InChI=1S/C17H24N2O2/c1-13(19-16-6-2-14(12-20)3-7-16)15-4-8-17(9-5-15)21-11-10-18/h4-5,8-9,13-14,16,19-20H,2-3,6-7,11-12H2,1H3. The van der Waals surface area contributed by atoms with Crippen molar-refractivity contribution in [1.82, 2.24) is 5.32 Å². The zero-order chi connectivity index (χ0) is 15.1. The third-order valence-electron chi connectivity index (χ3n) is 4.27. The van der Waals surface area contributed by atoms with E-state index in [1.165, 1.54) is 5.56 Å². The van der Waals surface area contributed by atoms with E-state index in [2.05, 4.69) is 12.2 Å². The van der Waals surface area contributed by atoms with Crippen LogP contribution in [0.3, 0.4) is 0 Å². The van der Waals surface area contributed by atoms with Gasteiger partial charge in [0.05, 0.1) is 0 Å². The van der Waals surface area contributed by atoms with Crippen molar-refractivity contribution in [2.24, 2.45) is 5.92 Å². The Hall–Kier alpha value is -1.57. The van der Waals surface area contributed by atoms with Crippen molar-refractivity contribution in [3.05, 3.63) is 29.8 Å². The summed E-state index contributed by atoms with van der Waals surface area (Å²) in [5.74, 6) is 1.23. The molecule has 1 unspecified atom stereocenters. The SMILES string of the molecule is CC(NC1CCC(CO)CC1)c1ccc(OCC#N)cc1. The predicted octanol–water partition coefficient (Wildman–Crippen LogP) is 2.79. The molecule has 0 heterocycles. The topological polar surface area (TPSA) is 65.3 Å². The first-order chi connectivity index (χ1) is 10.2. The van der Waals surface area contributed by atoms with E-state index in [9.17, 15) is 5.11 Å². The fraction of sp³-hybridized carbons (Fsp3) is 0.588. The van der Waals surface area contributed by atoms with Gasteiger partial charge in [0.15, 0.2) is 6.61 Å². The molecule has 0 aliphatic heterocycles. The van der Waals surface area contributed by atoms with Crippen LogP contribution in [-0.4, -0.2) is 24.4 Å². The first kappa shape index (κ1) is 15.8. The number of aliphatic hydroxyl groups excluding tert-OH is 1.